The van der Waals surface area contributed by atoms with E-state index in [9.17, 15) is 4.79 Å². The van der Waals surface area contributed by atoms with Gasteiger partial charge in [0, 0.05) is 37.1 Å². The lowest BCUT2D eigenvalue weighted by atomic mass is 10.0. The number of amides is 1. The molecule has 0 atom stereocenters. The van der Waals surface area contributed by atoms with Crippen LogP contribution in [0.25, 0.3) is 0 Å². The summed E-state index contributed by atoms with van der Waals surface area (Å²) in [6.45, 7) is 4.19. The standard InChI is InChI=1S/C14H18BrClN2O/c1-10(19)18-6-4-12(5-7-18)17-9-11-2-3-14(16)13(15)8-11/h2-3,8,12,17H,4-7,9H2,1H3. The van der Waals surface area contributed by atoms with Gasteiger partial charge in [-0.2, -0.15) is 0 Å². The molecule has 19 heavy (non-hydrogen) atoms. The van der Waals surface area contributed by atoms with Gasteiger partial charge in [-0.3, -0.25) is 4.79 Å². The highest BCUT2D eigenvalue weighted by molar-refractivity contribution is 9.10. The van der Waals surface area contributed by atoms with E-state index in [1.165, 1.54) is 5.56 Å². The lowest BCUT2D eigenvalue weighted by molar-refractivity contribution is -0.129. The van der Waals surface area contributed by atoms with Gasteiger partial charge in [0.1, 0.15) is 0 Å². The van der Waals surface area contributed by atoms with Crippen molar-refractivity contribution in [2.24, 2.45) is 0 Å². The molecule has 1 aliphatic rings. The zero-order valence-electron chi connectivity index (χ0n) is 11.0. The van der Waals surface area contributed by atoms with E-state index in [2.05, 4.69) is 21.2 Å². The number of hydrogen-bond donors (Lipinski definition) is 1. The second kappa shape index (κ2) is 6.73. The van der Waals surface area contributed by atoms with Crippen molar-refractivity contribution in [3.8, 4) is 0 Å². The third-order valence-corrected chi connectivity index (χ3v) is 4.73. The van der Waals surface area contributed by atoms with Gasteiger partial charge in [0.05, 0.1) is 5.02 Å². The van der Waals surface area contributed by atoms with E-state index in [1.807, 2.05) is 23.1 Å². The SMILES string of the molecule is CC(=O)N1CCC(NCc2ccc(Cl)c(Br)c2)CC1. The fourth-order valence-electron chi connectivity index (χ4n) is 2.31. The van der Waals surface area contributed by atoms with Crippen LogP contribution in [0.1, 0.15) is 25.3 Å². The lowest BCUT2D eigenvalue weighted by Gasteiger charge is -2.31. The van der Waals surface area contributed by atoms with Crippen LogP contribution in [-0.2, 0) is 11.3 Å². The zero-order chi connectivity index (χ0) is 13.8. The Hall–Kier alpha value is -0.580. The predicted octanol–water partition coefficient (Wildman–Crippen LogP) is 3.20. The molecule has 2 rings (SSSR count). The molecule has 0 radical (unpaired) electrons. The molecule has 0 unspecified atom stereocenters. The molecule has 104 valence electrons. The van der Waals surface area contributed by atoms with Crippen molar-refractivity contribution in [3.05, 3.63) is 33.3 Å². The van der Waals surface area contributed by atoms with Crippen molar-refractivity contribution < 1.29 is 4.79 Å². The molecule has 1 fully saturated rings. The summed E-state index contributed by atoms with van der Waals surface area (Å²) >= 11 is 9.40. The van der Waals surface area contributed by atoms with Gasteiger partial charge in [-0.15, -0.1) is 0 Å². The van der Waals surface area contributed by atoms with Crippen LogP contribution in [0.4, 0.5) is 0 Å². The molecule has 0 spiro atoms. The van der Waals surface area contributed by atoms with Crippen molar-refractivity contribution in [2.75, 3.05) is 13.1 Å². The Bertz CT molecular complexity index is 459. The first kappa shape index (κ1) is 14.8. The monoisotopic (exact) mass is 344 g/mol. The van der Waals surface area contributed by atoms with Crippen LogP contribution in [0.15, 0.2) is 22.7 Å². The molecule has 1 aromatic rings. The smallest absolute Gasteiger partial charge is 0.219 e. The van der Waals surface area contributed by atoms with Crippen LogP contribution >= 0.6 is 27.5 Å². The molecule has 0 aromatic heterocycles. The number of likely N-dealkylation sites (tertiary alicyclic amines) is 1. The fourth-order valence-corrected chi connectivity index (χ4v) is 2.85. The summed E-state index contributed by atoms with van der Waals surface area (Å²) in [5, 5.41) is 4.28. The van der Waals surface area contributed by atoms with E-state index in [0.29, 0.717) is 6.04 Å². The molecular formula is C14H18BrClN2O. The molecule has 1 aliphatic heterocycles. The first-order valence-electron chi connectivity index (χ1n) is 6.49. The number of carbonyl (C=O) groups is 1. The molecular weight excluding hydrogens is 328 g/mol. The van der Waals surface area contributed by atoms with E-state index in [-0.39, 0.29) is 5.91 Å². The normalized spacial score (nSPS) is 16.7. The van der Waals surface area contributed by atoms with Gasteiger partial charge in [-0.1, -0.05) is 17.7 Å². The Morgan fingerprint density at radius 3 is 2.74 bits per heavy atom. The minimum absolute atomic E-state index is 0.181. The summed E-state index contributed by atoms with van der Waals surface area (Å²) in [5.74, 6) is 0.181. The molecule has 1 aromatic carbocycles. The van der Waals surface area contributed by atoms with E-state index >= 15 is 0 Å². The summed E-state index contributed by atoms with van der Waals surface area (Å²) in [7, 11) is 0. The summed E-state index contributed by atoms with van der Waals surface area (Å²) in [4.78, 5) is 13.2. The van der Waals surface area contributed by atoms with Crippen LogP contribution in [0, 0.1) is 0 Å². The minimum atomic E-state index is 0.181. The van der Waals surface area contributed by atoms with E-state index in [1.54, 1.807) is 6.92 Å². The number of halogens is 2. The quantitative estimate of drug-likeness (QED) is 0.912. The van der Waals surface area contributed by atoms with Crippen LogP contribution in [0.2, 0.25) is 5.02 Å². The first-order valence-corrected chi connectivity index (χ1v) is 7.66. The molecule has 1 saturated heterocycles. The molecule has 0 aliphatic carbocycles. The highest BCUT2D eigenvalue weighted by Gasteiger charge is 2.19. The first-order chi connectivity index (χ1) is 9.06. The number of nitrogens with one attached hydrogen (secondary N) is 1. The van der Waals surface area contributed by atoms with Crippen molar-refractivity contribution in [1.82, 2.24) is 10.2 Å². The van der Waals surface area contributed by atoms with E-state index in [4.69, 9.17) is 11.6 Å². The lowest BCUT2D eigenvalue weighted by Crippen LogP contribution is -2.43. The molecule has 0 saturated carbocycles. The number of benzene rings is 1. The van der Waals surface area contributed by atoms with Crippen LogP contribution < -0.4 is 5.32 Å². The maximum Gasteiger partial charge on any atom is 0.219 e. The number of rotatable bonds is 3. The fraction of sp³-hybridized carbons (Fsp3) is 0.500. The number of nitrogens with zero attached hydrogens (tertiary/aromatic N) is 1. The van der Waals surface area contributed by atoms with Gasteiger partial charge in [0.2, 0.25) is 5.91 Å². The van der Waals surface area contributed by atoms with Crippen molar-refractivity contribution in [1.29, 1.82) is 0 Å². The van der Waals surface area contributed by atoms with Crippen molar-refractivity contribution >= 4 is 33.4 Å². The second-order valence-corrected chi connectivity index (χ2v) is 6.17. The molecule has 3 nitrogen and oxygen atoms in total. The Kier molecular flexibility index (Phi) is 5.25. The number of hydrogen-bond acceptors (Lipinski definition) is 2. The predicted molar refractivity (Wildman–Crippen MR) is 81.3 cm³/mol. The van der Waals surface area contributed by atoms with E-state index in [0.717, 1.165) is 42.0 Å². The number of carbonyl (C=O) groups excluding carboxylic acids is 1. The summed E-state index contributed by atoms with van der Waals surface area (Å²) < 4.78 is 0.930. The van der Waals surface area contributed by atoms with Crippen LogP contribution in [-0.4, -0.2) is 29.9 Å². The largest absolute Gasteiger partial charge is 0.343 e. The Morgan fingerprint density at radius 1 is 1.47 bits per heavy atom. The van der Waals surface area contributed by atoms with Crippen LogP contribution in [0.3, 0.4) is 0 Å². The van der Waals surface area contributed by atoms with Gasteiger partial charge >= 0.3 is 0 Å². The Morgan fingerprint density at radius 2 is 2.16 bits per heavy atom. The topological polar surface area (TPSA) is 32.3 Å². The highest BCUT2D eigenvalue weighted by atomic mass is 79.9. The average Bonchev–Trinajstić information content (AvgIpc) is 2.40. The summed E-state index contributed by atoms with van der Waals surface area (Å²) in [6.07, 6.45) is 2.04. The van der Waals surface area contributed by atoms with E-state index < -0.39 is 0 Å². The second-order valence-electron chi connectivity index (χ2n) is 4.91. The molecule has 1 amide bonds. The average molecular weight is 346 g/mol. The van der Waals surface area contributed by atoms with Crippen LogP contribution in [0.5, 0.6) is 0 Å². The highest BCUT2D eigenvalue weighted by Crippen LogP contribution is 2.23. The zero-order valence-corrected chi connectivity index (χ0v) is 13.3. The summed E-state index contributed by atoms with van der Waals surface area (Å²) in [5.41, 5.74) is 1.21. The Balaban J connectivity index is 1.80. The van der Waals surface area contributed by atoms with Gasteiger partial charge in [0.25, 0.3) is 0 Å². The molecule has 5 heteroatoms. The van der Waals surface area contributed by atoms with Gasteiger partial charge in [-0.05, 0) is 46.5 Å². The van der Waals surface area contributed by atoms with Gasteiger partial charge < -0.3 is 10.2 Å². The third-order valence-electron chi connectivity index (χ3n) is 3.52. The van der Waals surface area contributed by atoms with Gasteiger partial charge in [-0.25, -0.2) is 0 Å². The van der Waals surface area contributed by atoms with Crippen molar-refractivity contribution in [2.45, 2.75) is 32.4 Å². The molecule has 1 N–H and O–H groups in total. The van der Waals surface area contributed by atoms with Crippen molar-refractivity contribution in [3.63, 3.8) is 0 Å². The molecule has 0 bridgehead atoms. The number of piperidine rings is 1. The molecule has 1 heterocycles. The minimum Gasteiger partial charge on any atom is -0.343 e. The van der Waals surface area contributed by atoms with Gasteiger partial charge in [0.15, 0.2) is 0 Å². The maximum atomic E-state index is 11.2. The third kappa shape index (κ3) is 4.20. The Labute approximate surface area is 127 Å². The summed E-state index contributed by atoms with van der Waals surface area (Å²) in [6, 6.07) is 6.47. The maximum absolute atomic E-state index is 11.2.